The van der Waals surface area contributed by atoms with Gasteiger partial charge < -0.3 is 9.84 Å². The maximum Gasteiger partial charge on any atom is 0.339 e. The summed E-state index contributed by atoms with van der Waals surface area (Å²) in [6.07, 6.45) is 0.0121. The minimum atomic E-state index is -2.34. The van der Waals surface area contributed by atoms with Crippen LogP contribution < -0.4 is 0 Å². The average molecular weight is 549 g/mol. The van der Waals surface area contributed by atoms with Gasteiger partial charge in [-0.25, -0.2) is 18.0 Å². The quantitative estimate of drug-likeness (QED) is 0.512. The lowest BCUT2D eigenvalue weighted by molar-refractivity contribution is -0.221. The number of aliphatic hydroxyl groups excluding tert-OH is 1. The zero-order valence-electron chi connectivity index (χ0n) is 21.5. The van der Waals surface area contributed by atoms with E-state index < -0.39 is 75.0 Å². The third-order valence-corrected chi connectivity index (χ3v) is 10.6. The van der Waals surface area contributed by atoms with Crippen LogP contribution in [0.5, 0.6) is 0 Å². The number of hydrogen-bond acceptors (Lipinski definition) is 6. The van der Waals surface area contributed by atoms with E-state index in [-0.39, 0.29) is 30.4 Å². The molecule has 0 aromatic heterocycles. The number of benzene rings is 1. The second-order valence-electron chi connectivity index (χ2n) is 11.5. The van der Waals surface area contributed by atoms with Gasteiger partial charge in [-0.15, -0.1) is 0 Å². The molecule has 9 atom stereocenters. The molecule has 0 heterocycles. The number of thioether (sulfide) groups is 1. The molecule has 0 spiro atoms. The Morgan fingerprint density at radius 2 is 1.84 bits per heavy atom. The van der Waals surface area contributed by atoms with Gasteiger partial charge in [0.1, 0.15) is 12.2 Å². The number of rotatable bonds is 4. The summed E-state index contributed by atoms with van der Waals surface area (Å²) in [5, 5.41) is 10.8. The van der Waals surface area contributed by atoms with Crippen molar-refractivity contribution < 1.29 is 37.4 Å². The van der Waals surface area contributed by atoms with E-state index in [0.29, 0.717) is 11.8 Å². The van der Waals surface area contributed by atoms with Gasteiger partial charge in [0.25, 0.3) is 0 Å². The first-order valence-corrected chi connectivity index (χ1v) is 13.8. The van der Waals surface area contributed by atoms with Crippen molar-refractivity contribution in [3.05, 3.63) is 59.7 Å². The Kier molecular flexibility index (Phi) is 6.50. The summed E-state index contributed by atoms with van der Waals surface area (Å²) in [4.78, 5) is 39.0. The standard InChI is InChI=1S/C29H31F3O5S/c1-16-11-19-20-13-22(31)21-12-18(33)9-10-26(21,2)28(20,32)23(34)14-27(19,3)29(16,25(36)38-15-30)37-24(35)17-7-5-4-6-8-17/h4-10,12,16,19-20,22-23,34H,11,13-15H2,1-3H3/t16?,19-,20-,22?,23?,26-,27-,28?,29?/m0/s1. The van der Waals surface area contributed by atoms with Crippen LogP contribution in [-0.4, -0.2) is 51.5 Å². The Morgan fingerprint density at radius 1 is 1.16 bits per heavy atom. The van der Waals surface area contributed by atoms with E-state index in [2.05, 4.69) is 0 Å². The van der Waals surface area contributed by atoms with Gasteiger partial charge >= 0.3 is 5.97 Å². The van der Waals surface area contributed by atoms with Gasteiger partial charge in [-0.3, -0.25) is 9.59 Å². The number of alkyl halides is 3. The van der Waals surface area contributed by atoms with Crippen molar-refractivity contribution in [3.8, 4) is 0 Å². The third kappa shape index (κ3) is 3.39. The number of aliphatic hydroxyl groups is 1. The van der Waals surface area contributed by atoms with Gasteiger partial charge in [-0.05, 0) is 73.7 Å². The van der Waals surface area contributed by atoms with Crippen LogP contribution >= 0.6 is 11.8 Å². The molecule has 3 saturated carbocycles. The molecule has 9 heteroatoms. The largest absolute Gasteiger partial charge is 0.446 e. The molecule has 1 N–H and O–H groups in total. The molecule has 4 aliphatic rings. The van der Waals surface area contributed by atoms with Gasteiger partial charge in [-0.1, -0.05) is 38.1 Å². The van der Waals surface area contributed by atoms with Crippen LogP contribution in [0.4, 0.5) is 13.2 Å². The highest BCUT2D eigenvalue weighted by Gasteiger charge is 2.78. The maximum atomic E-state index is 17.4. The van der Waals surface area contributed by atoms with E-state index in [9.17, 15) is 23.9 Å². The van der Waals surface area contributed by atoms with Gasteiger partial charge in [0, 0.05) is 22.7 Å². The molecular weight excluding hydrogens is 517 g/mol. The van der Waals surface area contributed by atoms with E-state index >= 15 is 8.78 Å². The van der Waals surface area contributed by atoms with Crippen LogP contribution in [0.15, 0.2) is 54.1 Å². The van der Waals surface area contributed by atoms with E-state index in [0.717, 1.165) is 6.08 Å². The fourth-order valence-corrected chi connectivity index (χ4v) is 8.94. The zero-order chi connectivity index (χ0) is 27.7. The van der Waals surface area contributed by atoms with Crippen LogP contribution in [0.1, 0.15) is 50.4 Å². The van der Waals surface area contributed by atoms with Crippen LogP contribution in [-0.2, 0) is 14.3 Å². The van der Waals surface area contributed by atoms with E-state index in [1.807, 2.05) is 0 Å². The first-order chi connectivity index (χ1) is 17.9. The molecule has 1 aromatic rings. The second kappa shape index (κ2) is 9.08. The van der Waals surface area contributed by atoms with Crippen molar-refractivity contribution in [2.24, 2.45) is 28.6 Å². The molecule has 0 radical (unpaired) electrons. The highest BCUT2D eigenvalue weighted by molar-refractivity contribution is 8.13. The van der Waals surface area contributed by atoms with Crippen molar-refractivity contribution in [3.63, 3.8) is 0 Å². The monoisotopic (exact) mass is 548 g/mol. The molecule has 0 aliphatic heterocycles. The van der Waals surface area contributed by atoms with Crippen molar-refractivity contribution in [1.82, 2.24) is 0 Å². The average Bonchev–Trinajstić information content (AvgIpc) is 3.10. The van der Waals surface area contributed by atoms with E-state index in [1.165, 1.54) is 31.2 Å². The normalized spacial score (nSPS) is 43.5. The van der Waals surface area contributed by atoms with Crippen molar-refractivity contribution in [2.45, 2.75) is 63.6 Å². The number of ether oxygens (including phenoxy) is 1. The highest BCUT2D eigenvalue weighted by atomic mass is 32.2. The van der Waals surface area contributed by atoms with Crippen molar-refractivity contribution in [1.29, 1.82) is 0 Å². The Balaban J connectivity index is 1.63. The van der Waals surface area contributed by atoms with Crippen molar-refractivity contribution >= 4 is 28.6 Å². The molecule has 0 amide bonds. The summed E-state index contributed by atoms with van der Waals surface area (Å²) >= 11 is 0.380. The van der Waals surface area contributed by atoms with Crippen LogP contribution in [0.25, 0.3) is 0 Å². The predicted molar refractivity (Wildman–Crippen MR) is 136 cm³/mol. The second-order valence-corrected chi connectivity index (χ2v) is 12.4. The van der Waals surface area contributed by atoms with Gasteiger partial charge in [0.15, 0.2) is 17.1 Å². The van der Waals surface area contributed by atoms with Gasteiger partial charge in [-0.2, -0.15) is 0 Å². The molecule has 3 fully saturated rings. The summed E-state index contributed by atoms with van der Waals surface area (Å²) in [7, 11) is 0. The molecule has 0 bridgehead atoms. The lowest BCUT2D eigenvalue weighted by atomic mass is 9.44. The number of allylic oxidation sites excluding steroid dienone is 4. The zero-order valence-corrected chi connectivity index (χ0v) is 22.3. The highest BCUT2D eigenvalue weighted by Crippen LogP contribution is 2.72. The number of esters is 1. The fraction of sp³-hybridized carbons (Fsp3) is 0.552. The molecule has 5 rings (SSSR count). The fourth-order valence-electron chi connectivity index (χ4n) is 8.15. The molecular formula is C29H31F3O5S. The molecule has 204 valence electrons. The Bertz CT molecular complexity index is 1240. The summed E-state index contributed by atoms with van der Waals surface area (Å²) < 4.78 is 52.7. The predicted octanol–water partition coefficient (Wildman–Crippen LogP) is 5.33. The molecule has 0 saturated heterocycles. The molecule has 5 nitrogen and oxygen atoms in total. The number of fused-ring (bicyclic) bond motifs is 5. The number of hydrogen-bond donors (Lipinski definition) is 1. The van der Waals surface area contributed by atoms with Gasteiger partial charge in [0.05, 0.1) is 11.7 Å². The van der Waals surface area contributed by atoms with Gasteiger partial charge in [0.2, 0.25) is 5.12 Å². The number of carbonyl (C=O) groups excluding carboxylic acids is 3. The lowest BCUT2D eigenvalue weighted by Gasteiger charge is -2.63. The first-order valence-electron chi connectivity index (χ1n) is 12.8. The molecule has 1 aromatic carbocycles. The number of ketones is 1. The maximum absolute atomic E-state index is 17.4. The Morgan fingerprint density at radius 3 is 2.50 bits per heavy atom. The summed E-state index contributed by atoms with van der Waals surface area (Å²) in [6.45, 7) is 4.87. The Labute approximate surface area is 223 Å². The summed E-state index contributed by atoms with van der Waals surface area (Å²) in [5.41, 5.74) is -6.88. The minimum absolute atomic E-state index is 0.00304. The lowest BCUT2D eigenvalue weighted by Crippen LogP contribution is -2.70. The Hall–Kier alpha value is -2.39. The molecule has 4 aliphatic carbocycles. The molecule has 38 heavy (non-hydrogen) atoms. The summed E-state index contributed by atoms with van der Waals surface area (Å²) in [6, 6.07) is 7.02. The van der Waals surface area contributed by atoms with E-state index in [1.54, 1.807) is 32.0 Å². The topological polar surface area (TPSA) is 80.7 Å². The SMILES string of the molecule is CC1C[C@H]2[C@@H]3CC(F)C4=CC(=O)C=C[C@]4(C)C3(F)C(O)C[C@]2(C)C1(OC(=O)c1ccccc1)C(=O)SCF. The smallest absolute Gasteiger partial charge is 0.339 e. The van der Waals surface area contributed by atoms with Crippen LogP contribution in [0, 0.1) is 28.6 Å². The molecule has 5 unspecified atom stereocenters. The van der Waals surface area contributed by atoms with Crippen LogP contribution in [0.2, 0.25) is 0 Å². The van der Waals surface area contributed by atoms with E-state index in [4.69, 9.17) is 4.74 Å². The number of halogens is 3. The third-order valence-electron chi connectivity index (χ3n) is 9.92. The minimum Gasteiger partial charge on any atom is -0.446 e. The number of carbonyl (C=O) groups is 3. The van der Waals surface area contributed by atoms with Crippen molar-refractivity contribution in [2.75, 3.05) is 6.01 Å². The van der Waals surface area contributed by atoms with Crippen LogP contribution in [0.3, 0.4) is 0 Å². The summed E-state index contributed by atoms with van der Waals surface area (Å²) in [5.74, 6) is -3.59. The first kappa shape index (κ1) is 27.2.